The highest BCUT2D eigenvalue weighted by Crippen LogP contribution is 2.11. The highest BCUT2D eigenvalue weighted by Gasteiger charge is 1.99. The van der Waals surface area contributed by atoms with Gasteiger partial charge in [0.05, 0.1) is 11.9 Å². The molecule has 1 aromatic heterocycles. The van der Waals surface area contributed by atoms with Crippen molar-refractivity contribution < 1.29 is 4.79 Å². The van der Waals surface area contributed by atoms with Crippen LogP contribution in [0.25, 0.3) is 0 Å². The van der Waals surface area contributed by atoms with E-state index in [-0.39, 0.29) is 5.91 Å². The van der Waals surface area contributed by atoms with Crippen molar-refractivity contribution in [1.29, 1.82) is 0 Å². The average Bonchev–Trinajstić information content (AvgIpc) is 2.18. The molecule has 0 spiro atoms. The molecule has 0 bridgehead atoms. The van der Waals surface area contributed by atoms with E-state index in [2.05, 4.69) is 10.3 Å². The number of pyridine rings is 1. The summed E-state index contributed by atoms with van der Waals surface area (Å²) < 4.78 is 0. The Morgan fingerprint density at radius 1 is 1.47 bits per heavy atom. The third kappa shape index (κ3) is 3.42. The summed E-state index contributed by atoms with van der Waals surface area (Å²) in [6.07, 6.45) is 4.80. The van der Waals surface area contributed by atoms with E-state index in [9.17, 15) is 4.79 Å². The maximum atomic E-state index is 11.2. The van der Waals surface area contributed by atoms with Gasteiger partial charge in [0.1, 0.15) is 5.82 Å². The molecule has 1 aromatic rings. The zero-order valence-electron chi connectivity index (χ0n) is 9.19. The largest absolute Gasteiger partial charge is 0.363 e. The molecule has 0 fully saturated rings. The maximum Gasteiger partial charge on any atom is 0.248 e. The van der Waals surface area contributed by atoms with Crippen LogP contribution >= 0.6 is 0 Å². The van der Waals surface area contributed by atoms with Crippen LogP contribution in [0.5, 0.6) is 0 Å². The molecule has 0 saturated heterocycles. The quantitative estimate of drug-likeness (QED) is 0.763. The Labute approximate surface area is 89.6 Å². The minimum Gasteiger partial charge on any atom is -0.363 e. The zero-order valence-corrected chi connectivity index (χ0v) is 9.19. The first kappa shape index (κ1) is 11.2. The minimum absolute atomic E-state index is 0.142. The molecule has 0 aliphatic carbocycles. The standard InChI is InChI=1S/C11H15N3O/c1-4-5-11(15)13-9-6-7-10(12-8-9)14(2)3/h4-8H,1-3H3,(H,13,15). The fourth-order valence-corrected chi connectivity index (χ4v) is 1.06. The lowest BCUT2D eigenvalue weighted by molar-refractivity contribution is -0.111. The molecular weight excluding hydrogens is 190 g/mol. The number of carbonyl (C=O) groups is 1. The van der Waals surface area contributed by atoms with E-state index in [1.807, 2.05) is 31.1 Å². The number of nitrogens with zero attached hydrogens (tertiary/aromatic N) is 2. The summed E-state index contributed by atoms with van der Waals surface area (Å²) in [5.41, 5.74) is 0.698. The van der Waals surface area contributed by atoms with Crippen LogP contribution in [0.4, 0.5) is 11.5 Å². The van der Waals surface area contributed by atoms with Crippen molar-refractivity contribution >= 4 is 17.4 Å². The van der Waals surface area contributed by atoms with Gasteiger partial charge >= 0.3 is 0 Å². The van der Waals surface area contributed by atoms with Crippen LogP contribution in [0, 0.1) is 0 Å². The Morgan fingerprint density at radius 3 is 2.67 bits per heavy atom. The number of allylic oxidation sites excluding steroid dienone is 1. The summed E-state index contributed by atoms with van der Waals surface area (Å²) >= 11 is 0. The molecule has 1 heterocycles. The topological polar surface area (TPSA) is 45.2 Å². The number of hydrogen-bond acceptors (Lipinski definition) is 3. The first-order valence-corrected chi connectivity index (χ1v) is 4.70. The van der Waals surface area contributed by atoms with Gasteiger partial charge in [0, 0.05) is 14.1 Å². The van der Waals surface area contributed by atoms with E-state index in [1.165, 1.54) is 6.08 Å². The minimum atomic E-state index is -0.142. The van der Waals surface area contributed by atoms with Gasteiger partial charge in [-0.15, -0.1) is 0 Å². The molecule has 1 N–H and O–H groups in total. The average molecular weight is 205 g/mol. The maximum absolute atomic E-state index is 11.2. The van der Waals surface area contributed by atoms with Crippen molar-refractivity contribution in [3.05, 3.63) is 30.5 Å². The first-order valence-electron chi connectivity index (χ1n) is 4.70. The fourth-order valence-electron chi connectivity index (χ4n) is 1.06. The summed E-state index contributed by atoms with van der Waals surface area (Å²) in [5.74, 6) is 0.718. The summed E-state index contributed by atoms with van der Waals surface area (Å²) in [6.45, 7) is 1.80. The van der Waals surface area contributed by atoms with Gasteiger partial charge in [0.15, 0.2) is 0 Å². The number of hydrogen-bond donors (Lipinski definition) is 1. The number of rotatable bonds is 3. The molecule has 80 valence electrons. The van der Waals surface area contributed by atoms with E-state index < -0.39 is 0 Å². The lowest BCUT2D eigenvalue weighted by Crippen LogP contribution is -2.11. The number of amides is 1. The highest BCUT2D eigenvalue weighted by molar-refractivity contribution is 5.99. The third-order valence-corrected chi connectivity index (χ3v) is 1.79. The van der Waals surface area contributed by atoms with E-state index >= 15 is 0 Å². The van der Waals surface area contributed by atoms with Crippen LogP contribution < -0.4 is 10.2 Å². The predicted molar refractivity (Wildman–Crippen MR) is 62.0 cm³/mol. The highest BCUT2D eigenvalue weighted by atomic mass is 16.1. The van der Waals surface area contributed by atoms with Crippen LogP contribution in [0.1, 0.15) is 6.92 Å². The van der Waals surface area contributed by atoms with E-state index in [1.54, 1.807) is 19.2 Å². The Hall–Kier alpha value is -1.84. The van der Waals surface area contributed by atoms with Crippen molar-refractivity contribution in [1.82, 2.24) is 4.98 Å². The Balaban J connectivity index is 2.68. The second kappa shape index (κ2) is 5.14. The molecule has 0 radical (unpaired) electrons. The third-order valence-electron chi connectivity index (χ3n) is 1.79. The van der Waals surface area contributed by atoms with Crippen LogP contribution in [-0.2, 0) is 4.79 Å². The van der Waals surface area contributed by atoms with Crippen LogP contribution in [-0.4, -0.2) is 25.0 Å². The number of anilines is 2. The molecule has 0 aliphatic heterocycles. The molecule has 1 amide bonds. The summed E-state index contributed by atoms with van der Waals surface area (Å²) in [4.78, 5) is 17.3. The van der Waals surface area contributed by atoms with Crippen LogP contribution in [0.3, 0.4) is 0 Å². The van der Waals surface area contributed by atoms with Gasteiger partial charge < -0.3 is 10.2 Å². The van der Waals surface area contributed by atoms with E-state index in [0.717, 1.165) is 5.82 Å². The first-order chi connectivity index (χ1) is 7.13. The molecule has 0 atom stereocenters. The van der Waals surface area contributed by atoms with Crippen molar-refractivity contribution in [3.63, 3.8) is 0 Å². The van der Waals surface area contributed by atoms with Gasteiger partial charge in [0.25, 0.3) is 0 Å². The van der Waals surface area contributed by atoms with E-state index in [4.69, 9.17) is 0 Å². The zero-order chi connectivity index (χ0) is 11.3. The van der Waals surface area contributed by atoms with Gasteiger partial charge in [-0.05, 0) is 25.1 Å². The SMILES string of the molecule is CC=CC(=O)Nc1ccc(N(C)C)nc1. The van der Waals surface area contributed by atoms with Gasteiger partial charge in [-0.3, -0.25) is 4.79 Å². The predicted octanol–water partition coefficient (Wildman–Crippen LogP) is 1.66. The van der Waals surface area contributed by atoms with Crippen molar-refractivity contribution in [2.24, 2.45) is 0 Å². The van der Waals surface area contributed by atoms with E-state index in [0.29, 0.717) is 5.69 Å². The van der Waals surface area contributed by atoms with Crippen LogP contribution in [0.15, 0.2) is 30.5 Å². The van der Waals surface area contributed by atoms with Crippen molar-refractivity contribution in [2.75, 3.05) is 24.3 Å². The molecule has 0 aromatic carbocycles. The lowest BCUT2D eigenvalue weighted by Gasteiger charge is -2.11. The Bertz CT molecular complexity index is 355. The molecule has 0 unspecified atom stereocenters. The van der Waals surface area contributed by atoms with Crippen LogP contribution in [0.2, 0.25) is 0 Å². The summed E-state index contributed by atoms with van der Waals surface area (Å²) in [6, 6.07) is 3.68. The smallest absolute Gasteiger partial charge is 0.248 e. The molecule has 4 nitrogen and oxygen atoms in total. The van der Waals surface area contributed by atoms with Gasteiger partial charge in [-0.2, -0.15) is 0 Å². The number of aromatic nitrogens is 1. The fraction of sp³-hybridized carbons (Fsp3) is 0.273. The van der Waals surface area contributed by atoms with Gasteiger partial charge in [0.2, 0.25) is 5.91 Å². The number of carbonyl (C=O) groups excluding carboxylic acids is 1. The summed E-state index contributed by atoms with van der Waals surface area (Å²) in [5, 5.41) is 2.70. The molecule has 0 aliphatic rings. The van der Waals surface area contributed by atoms with Crippen molar-refractivity contribution in [3.8, 4) is 0 Å². The summed E-state index contributed by atoms with van der Waals surface area (Å²) in [7, 11) is 3.83. The Morgan fingerprint density at radius 2 is 2.20 bits per heavy atom. The second-order valence-corrected chi connectivity index (χ2v) is 3.29. The van der Waals surface area contributed by atoms with Crippen molar-refractivity contribution in [2.45, 2.75) is 6.92 Å². The molecule has 4 heteroatoms. The lowest BCUT2D eigenvalue weighted by atomic mass is 10.3. The molecular formula is C11H15N3O. The molecule has 1 rings (SSSR count). The molecule has 0 saturated carbocycles. The number of nitrogens with one attached hydrogen (secondary N) is 1. The Kier molecular flexibility index (Phi) is 3.85. The molecule has 15 heavy (non-hydrogen) atoms. The second-order valence-electron chi connectivity index (χ2n) is 3.29. The van der Waals surface area contributed by atoms with Gasteiger partial charge in [-0.1, -0.05) is 6.08 Å². The monoisotopic (exact) mass is 205 g/mol. The normalized spacial score (nSPS) is 10.3. The van der Waals surface area contributed by atoms with Gasteiger partial charge in [-0.25, -0.2) is 4.98 Å².